The fourth-order valence-corrected chi connectivity index (χ4v) is 5.98. The molecule has 198 valence electrons. The van der Waals surface area contributed by atoms with Crippen molar-refractivity contribution in [3.8, 4) is 0 Å². The van der Waals surface area contributed by atoms with Gasteiger partial charge in [0.1, 0.15) is 0 Å². The zero-order chi connectivity index (χ0) is 26.7. The van der Waals surface area contributed by atoms with Gasteiger partial charge >= 0.3 is 11.9 Å². The summed E-state index contributed by atoms with van der Waals surface area (Å²) in [5.74, 6) is -2.73. The molecule has 2 unspecified atom stereocenters. The SMILES string of the molecule is CCCC(CNC(=O)[C@@H]1CC2c3cccc4c3c(cn4C)C[C@H]2N(C)C1)c1cnc[nH]1.O=C(O)C(=O)O. The number of aryl methyl sites for hydroxylation is 1. The van der Waals surface area contributed by atoms with Crippen LogP contribution in [0.2, 0.25) is 0 Å². The number of imidazole rings is 1. The van der Waals surface area contributed by atoms with E-state index >= 15 is 0 Å². The molecule has 1 aromatic carbocycles. The van der Waals surface area contributed by atoms with Gasteiger partial charge in [0, 0.05) is 67.0 Å². The smallest absolute Gasteiger partial charge is 0.414 e. The number of hydrogen-bond acceptors (Lipinski definition) is 5. The number of aromatic nitrogens is 3. The van der Waals surface area contributed by atoms with Crippen molar-refractivity contribution >= 4 is 28.7 Å². The molecule has 10 heteroatoms. The molecule has 1 amide bonds. The van der Waals surface area contributed by atoms with Crippen molar-refractivity contribution in [3.63, 3.8) is 0 Å². The number of fused-ring (bicyclic) bond motifs is 2. The van der Waals surface area contributed by atoms with Gasteiger partial charge in [-0.2, -0.15) is 0 Å². The Labute approximate surface area is 215 Å². The molecule has 1 saturated heterocycles. The maximum Gasteiger partial charge on any atom is 0.414 e. The molecule has 5 rings (SSSR count). The first-order chi connectivity index (χ1) is 17.7. The van der Waals surface area contributed by atoms with Crippen molar-refractivity contribution in [2.75, 3.05) is 20.1 Å². The van der Waals surface area contributed by atoms with Crippen LogP contribution in [-0.2, 0) is 27.9 Å². The average molecular weight is 510 g/mol. The van der Waals surface area contributed by atoms with Crippen LogP contribution in [0.4, 0.5) is 0 Å². The highest BCUT2D eigenvalue weighted by Crippen LogP contribution is 2.44. The number of carboxylic acid groups (broad SMARTS) is 2. The first-order valence-electron chi connectivity index (χ1n) is 12.7. The van der Waals surface area contributed by atoms with E-state index < -0.39 is 11.9 Å². The van der Waals surface area contributed by atoms with E-state index in [9.17, 15) is 4.79 Å². The molecular weight excluding hydrogens is 474 g/mol. The third-order valence-electron chi connectivity index (χ3n) is 7.70. The van der Waals surface area contributed by atoms with Crippen LogP contribution in [0.15, 0.2) is 36.9 Å². The predicted octanol–water partition coefficient (Wildman–Crippen LogP) is 2.72. The highest BCUT2D eigenvalue weighted by atomic mass is 16.4. The number of likely N-dealkylation sites (tertiary alicyclic amines) is 1. The van der Waals surface area contributed by atoms with Crippen LogP contribution in [0.25, 0.3) is 10.9 Å². The van der Waals surface area contributed by atoms with Gasteiger partial charge in [0.25, 0.3) is 0 Å². The zero-order valence-corrected chi connectivity index (χ0v) is 21.5. The minimum atomic E-state index is -1.82. The van der Waals surface area contributed by atoms with E-state index in [0.29, 0.717) is 24.4 Å². The molecule has 1 aliphatic carbocycles. The molecule has 0 spiro atoms. The number of carboxylic acids is 2. The Morgan fingerprint density at radius 2 is 1.97 bits per heavy atom. The molecule has 1 fully saturated rings. The van der Waals surface area contributed by atoms with Gasteiger partial charge in [-0.05, 0) is 43.5 Å². The lowest BCUT2D eigenvalue weighted by Gasteiger charge is -2.45. The normalized spacial score (nSPS) is 21.4. The number of aliphatic carboxylic acids is 2. The summed E-state index contributed by atoms with van der Waals surface area (Å²) in [6.45, 7) is 3.68. The zero-order valence-electron chi connectivity index (χ0n) is 21.5. The van der Waals surface area contributed by atoms with Gasteiger partial charge in [0.2, 0.25) is 5.91 Å². The number of nitrogens with zero attached hydrogens (tertiary/aromatic N) is 3. The van der Waals surface area contributed by atoms with E-state index in [1.165, 1.54) is 22.0 Å². The summed E-state index contributed by atoms with van der Waals surface area (Å²) in [5.41, 5.74) is 5.29. The summed E-state index contributed by atoms with van der Waals surface area (Å²) in [6, 6.07) is 7.14. The number of rotatable bonds is 6. The largest absolute Gasteiger partial charge is 0.473 e. The highest BCUT2D eigenvalue weighted by molar-refractivity contribution is 6.27. The van der Waals surface area contributed by atoms with Crippen LogP contribution < -0.4 is 5.32 Å². The van der Waals surface area contributed by atoms with E-state index in [2.05, 4.69) is 70.2 Å². The van der Waals surface area contributed by atoms with Crippen LogP contribution in [0.1, 0.15) is 54.8 Å². The minimum absolute atomic E-state index is 0.0239. The Morgan fingerprint density at radius 3 is 2.62 bits per heavy atom. The summed E-state index contributed by atoms with van der Waals surface area (Å²) >= 11 is 0. The van der Waals surface area contributed by atoms with Crippen LogP contribution in [0, 0.1) is 5.92 Å². The van der Waals surface area contributed by atoms with Crippen LogP contribution in [-0.4, -0.2) is 73.7 Å². The molecule has 3 heterocycles. The Balaban J connectivity index is 0.000000480. The van der Waals surface area contributed by atoms with Crippen molar-refractivity contribution in [2.45, 2.75) is 50.5 Å². The molecule has 2 aliphatic rings. The van der Waals surface area contributed by atoms with Crippen molar-refractivity contribution in [1.82, 2.24) is 24.8 Å². The summed E-state index contributed by atoms with van der Waals surface area (Å²) in [5, 5.41) is 19.5. The summed E-state index contributed by atoms with van der Waals surface area (Å²) in [4.78, 5) is 41.2. The number of amides is 1. The lowest BCUT2D eigenvalue weighted by Crippen LogP contribution is -2.51. The van der Waals surface area contributed by atoms with Gasteiger partial charge in [-0.15, -0.1) is 0 Å². The minimum Gasteiger partial charge on any atom is -0.473 e. The summed E-state index contributed by atoms with van der Waals surface area (Å²) in [6.07, 6.45) is 10.0. The lowest BCUT2D eigenvalue weighted by molar-refractivity contribution is -0.159. The molecule has 37 heavy (non-hydrogen) atoms. The monoisotopic (exact) mass is 509 g/mol. The molecule has 4 atom stereocenters. The standard InChI is InChI=1S/C25H33N5O.C2H2O4/c1-4-6-16(21-12-26-15-28-21)11-27-25(31)18-9-20-19-7-5-8-22-24(19)17(13-29(22)2)10-23(20)30(3)14-18;3-1(4)2(5)6/h5,7-8,12-13,15-16,18,20,23H,4,6,9-11,14H2,1-3H3,(H,26,28)(H,27,31);(H,3,4)(H,5,6)/t16?,18-,20?,23-;/m1./s1. The second-order valence-electron chi connectivity index (χ2n) is 10.1. The van der Waals surface area contributed by atoms with E-state index in [-0.39, 0.29) is 11.8 Å². The Bertz CT molecular complexity index is 1260. The second-order valence-corrected chi connectivity index (χ2v) is 10.1. The number of carbonyl (C=O) groups excluding carboxylic acids is 1. The first kappa shape index (κ1) is 26.4. The molecule has 1 aliphatic heterocycles. The van der Waals surface area contributed by atoms with E-state index in [1.54, 1.807) is 6.33 Å². The van der Waals surface area contributed by atoms with Crippen molar-refractivity contribution in [2.24, 2.45) is 13.0 Å². The van der Waals surface area contributed by atoms with Crippen LogP contribution in [0.5, 0.6) is 0 Å². The predicted molar refractivity (Wildman–Crippen MR) is 138 cm³/mol. The van der Waals surface area contributed by atoms with Gasteiger partial charge in [0.15, 0.2) is 0 Å². The van der Waals surface area contributed by atoms with Gasteiger partial charge in [-0.1, -0.05) is 25.5 Å². The Kier molecular flexibility index (Phi) is 7.97. The topological polar surface area (TPSA) is 141 Å². The van der Waals surface area contributed by atoms with E-state index in [4.69, 9.17) is 19.8 Å². The van der Waals surface area contributed by atoms with E-state index in [1.807, 2.05) is 6.20 Å². The molecular formula is C27H35N5O5. The van der Waals surface area contributed by atoms with Crippen molar-refractivity contribution in [3.05, 3.63) is 53.7 Å². The van der Waals surface area contributed by atoms with Gasteiger partial charge in [-0.25, -0.2) is 14.6 Å². The number of piperidine rings is 1. The number of aromatic amines is 1. The Morgan fingerprint density at radius 1 is 1.22 bits per heavy atom. The average Bonchev–Trinajstić information content (AvgIpc) is 3.52. The third kappa shape index (κ3) is 5.53. The summed E-state index contributed by atoms with van der Waals surface area (Å²) < 4.78 is 2.25. The number of nitrogens with one attached hydrogen (secondary N) is 2. The number of carbonyl (C=O) groups is 3. The molecule has 3 aromatic rings. The maximum atomic E-state index is 13.2. The molecule has 4 N–H and O–H groups in total. The molecule has 0 saturated carbocycles. The van der Waals surface area contributed by atoms with Gasteiger partial charge in [0.05, 0.1) is 12.2 Å². The van der Waals surface area contributed by atoms with Crippen molar-refractivity contribution in [1.29, 1.82) is 0 Å². The summed E-state index contributed by atoms with van der Waals surface area (Å²) in [7, 11) is 4.33. The number of H-pyrrole nitrogens is 1. The highest BCUT2D eigenvalue weighted by Gasteiger charge is 2.41. The number of hydrogen-bond donors (Lipinski definition) is 4. The number of likely N-dealkylation sites (N-methyl/N-ethyl adjacent to an activating group) is 1. The van der Waals surface area contributed by atoms with Gasteiger partial charge in [-0.3, -0.25) is 4.79 Å². The number of benzene rings is 1. The van der Waals surface area contributed by atoms with E-state index in [0.717, 1.165) is 37.9 Å². The lowest BCUT2D eigenvalue weighted by atomic mass is 9.72. The van der Waals surface area contributed by atoms with Crippen LogP contribution in [0.3, 0.4) is 0 Å². The van der Waals surface area contributed by atoms with Gasteiger partial charge < -0.3 is 30.0 Å². The maximum absolute atomic E-state index is 13.2. The Hall–Kier alpha value is -3.66. The molecule has 2 aromatic heterocycles. The second kappa shape index (κ2) is 11.2. The first-order valence-corrected chi connectivity index (χ1v) is 12.7. The molecule has 0 radical (unpaired) electrons. The molecule has 10 nitrogen and oxygen atoms in total. The fourth-order valence-electron chi connectivity index (χ4n) is 5.98. The third-order valence-corrected chi connectivity index (χ3v) is 7.70. The van der Waals surface area contributed by atoms with Crippen molar-refractivity contribution < 1.29 is 24.6 Å². The fraction of sp³-hybridized carbons (Fsp3) is 0.481. The quantitative estimate of drug-likeness (QED) is 0.375. The molecule has 0 bridgehead atoms. The van der Waals surface area contributed by atoms with Crippen LogP contribution >= 0.6 is 0 Å².